The van der Waals surface area contributed by atoms with Gasteiger partial charge in [-0.25, -0.2) is 14.4 Å². The molecule has 4 aromatic heterocycles. The number of benzene rings is 1. The number of rotatable bonds is 7. The lowest BCUT2D eigenvalue weighted by molar-refractivity contribution is 0.296. The number of halogens is 1. The molecule has 0 bridgehead atoms. The fourth-order valence-electron chi connectivity index (χ4n) is 3.41. The van der Waals surface area contributed by atoms with Crippen LogP contribution in [0.5, 0.6) is 5.75 Å². The Kier molecular flexibility index (Phi) is 5.48. The van der Waals surface area contributed by atoms with Gasteiger partial charge in [-0.2, -0.15) is 5.10 Å². The maximum atomic E-state index is 12.9. The number of hydrogen-bond donors (Lipinski definition) is 0. The van der Waals surface area contributed by atoms with E-state index in [0.717, 1.165) is 33.4 Å². The molecular formula is C24H19FN6O. The maximum absolute atomic E-state index is 12.9. The number of fused-ring (bicyclic) bond motifs is 1. The average molecular weight is 425 g/mol. The van der Waals surface area contributed by atoms with Crippen molar-refractivity contribution in [1.29, 1.82) is 0 Å². The minimum atomic E-state index is -0.476. The van der Waals surface area contributed by atoms with Crippen LogP contribution >= 0.6 is 0 Å². The smallest absolute Gasteiger partial charge is 0.166 e. The van der Waals surface area contributed by atoms with E-state index >= 15 is 0 Å². The summed E-state index contributed by atoms with van der Waals surface area (Å²) in [7, 11) is 0. The van der Waals surface area contributed by atoms with Crippen LogP contribution in [0.25, 0.3) is 33.4 Å². The number of hydrogen-bond acceptors (Lipinski definition) is 6. The summed E-state index contributed by atoms with van der Waals surface area (Å²) in [5.74, 6) is 1.27. The standard InChI is InChI=1S/C24H19FN6O/c25-9-13-31-15-20(17-7-11-26-12-8-17)24(30-31)18-3-5-19(6-4-18)32-16-23-28-14-22-21(29-23)2-1-10-27-22/h1-8,10-12,14-15H,9,13,16H2/i25-1. The van der Waals surface area contributed by atoms with Crippen LogP contribution in [-0.4, -0.2) is 36.4 Å². The Morgan fingerprint density at radius 3 is 2.53 bits per heavy atom. The Labute approximate surface area is 183 Å². The van der Waals surface area contributed by atoms with Gasteiger partial charge in [0.2, 0.25) is 0 Å². The van der Waals surface area contributed by atoms with Crippen LogP contribution in [0.1, 0.15) is 5.82 Å². The molecule has 1 aromatic carbocycles. The maximum Gasteiger partial charge on any atom is 0.166 e. The Hall–Kier alpha value is -4.20. The van der Waals surface area contributed by atoms with Crippen LogP contribution in [0.4, 0.5) is 4.39 Å². The molecular weight excluding hydrogens is 406 g/mol. The van der Waals surface area contributed by atoms with Gasteiger partial charge in [0.1, 0.15) is 30.2 Å². The molecule has 0 radical (unpaired) electrons. The first kappa shape index (κ1) is 19.7. The highest BCUT2D eigenvalue weighted by molar-refractivity contribution is 5.80. The molecule has 0 atom stereocenters. The molecule has 0 aliphatic carbocycles. The summed E-state index contributed by atoms with van der Waals surface area (Å²) in [5, 5.41) is 4.59. The quantitative estimate of drug-likeness (QED) is 0.382. The van der Waals surface area contributed by atoms with E-state index in [2.05, 4.69) is 25.0 Å². The monoisotopic (exact) mass is 425 g/mol. The van der Waals surface area contributed by atoms with Crippen LogP contribution < -0.4 is 4.74 Å². The molecule has 0 saturated carbocycles. The molecule has 158 valence electrons. The number of alkyl halides is 1. The summed E-state index contributed by atoms with van der Waals surface area (Å²) >= 11 is 0. The molecule has 4 heterocycles. The first-order chi connectivity index (χ1) is 15.8. The molecule has 7 nitrogen and oxygen atoms in total. The van der Waals surface area contributed by atoms with Crippen molar-refractivity contribution >= 4 is 11.0 Å². The van der Waals surface area contributed by atoms with E-state index in [1.165, 1.54) is 0 Å². The van der Waals surface area contributed by atoms with Crippen LogP contribution in [-0.2, 0) is 13.2 Å². The first-order valence-corrected chi connectivity index (χ1v) is 10.1. The van der Waals surface area contributed by atoms with Gasteiger partial charge in [0.05, 0.1) is 18.3 Å². The second kappa shape index (κ2) is 8.89. The minimum Gasteiger partial charge on any atom is -0.486 e. The topological polar surface area (TPSA) is 78.6 Å². The van der Waals surface area contributed by atoms with Crippen molar-refractivity contribution in [2.45, 2.75) is 13.2 Å². The largest absolute Gasteiger partial charge is 0.486 e. The van der Waals surface area contributed by atoms with Gasteiger partial charge in [-0.05, 0) is 54.1 Å². The van der Waals surface area contributed by atoms with E-state index in [-0.39, 0.29) is 13.2 Å². The summed E-state index contributed by atoms with van der Waals surface area (Å²) < 4.78 is 20.4. The van der Waals surface area contributed by atoms with Crippen molar-refractivity contribution in [2.75, 3.05) is 6.67 Å². The van der Waals surface area contributed by atoms with Gasteiger partial charge >= 0.3 is 0 Å². The van der Waals surface area contributed by atoms with Crippen LogP contribution in [0, 0.1) is 0 Å². The summed E-state index contributed by atoms with van der Waals surface area (Å²) in [6.45, 7) is -0.0191. The van der Waals surface area contributed by atoms with Crippen LogP contribution in [0.3, 0.4) is 0 Å². The average Bonchev–Trinajstić information content (AvgIpc) is 3.28. The lowest BCUT2D eigenvalue weighted by atomic mass is 10.0. The number of ether oxygens (including phenoxy) is 1. The predicted octanol–water partition coefficient (Wildman–Crippen LogP) is 4.50. The summed E-state index contributed by atoms with van der Waals surface area (Å²) in [4.78, 5) is 17.1. The molecule has 0 amide bonds. The molecule has 0 aliphatic heterocycles. The van der Waals surface area contributed by atoms with Gasteiger partial charge in [0.15, 0.2) is 5.82 Å². The Balaban J connectivity index is 1.36. The van der Waals surface area contributed by atoms with Gasteiger partial charge in [0, 0.05) is 35.9 Å². The SMILES string of the molecule is [18F]CCn1cc(-c2ccncc2)c(-c2ccc(OCc3ncc4ncccc4n3)cc2)n1. The van der Waals surface area contributed by atoms with Crippen molar-refractivity contribution < 1.29 is 9.13 Å². The third kappa shape index (κ3) is 4.15. The first-order valence-electron chi connectivity index (χ1n) is 10.1. The van der Waals surface area contributed by atoms with Crippen LogP contribution in [0.2, 0.25) is 0 Å². The summed E-state index contributed by atoms with van der Waals surface area (Å²) in [6, 6.07) is 15.2. The molecule has 32 heavy (non-hydrogen) atoms. The number of pyridine rings is 2. The van der Waals surface area contributed by atoms with E-state index in [1.54, 1.807) is 29.5 Å². The van der Waals surface area contributed by atoms with Gasteiger partial charge in [-0.15, -0.1) is 0 Å². The molecule has 0 fully saturated rings. The van der Waals surface area contributed by atoms with E-state index in [1.807, 2.05) is 54.7 Å². The number of aryl methyl sites for hydroxylation is 1. The van der Waals surface area contributed by atoms with Crippen molar-refractivity contribution in [3.63, 3.8) is 0 Å². The Morgan fingerprint density at radius 2 is 1.72 bits per heavy atom. The van der Waals surface area contributed by atoms with Gasteiger partial charge in [-0.3, -0.25) is 14.6 Å². The normalized spacial score (nSPS) is 11.0. The third-order valence-corrected chi connectivity index (χ3v) is 4.96. The number of aromatic nitrogens is 6. The zero-order valence-electron chi connectivity index (χ0n) is 17.1. The zero-order chi connectivity index (χ0) is 21.8. The molecule has 0 N–H and O–H groups in total. The number of nitrogens with zero attached hydrogens (tertiary/aromatic N) is 6. The summed E-state index contributed by atoms with van der Waals surface area (Å²) in [5.41, 5.74) is 5.12. The van der Waals surface area contributed by atoms with Crippen LogP contribution in [0.15, 0.2) is 79.5 Å². The minimum absolute atomic E-state index is 0.209. The molecule has 0 unspecified atom stereocenters. The highest BCUT2D eigenvalue weighted by Gasteiger charge is 2.13. The zero-order valence-corrected chi connectivity index (χ0v) is 17.1. The van der Waals surface area contributed by atoms with Crippen molar-refractivity contribution in [1.82, 2.24) is 29.7 Å². The Morgan fingerprint density at radius 1 is 0.875 bits per heavy atom. The lowest BCUT2D eigenvalue weighted by Crippen LogP contribution is -2.02. The third-order valence-electron chi connectivity index (χ3n) is 4.96. The van der Waals surface area contributed by atoms with E-state index in [4.69, 9.17) is 4.74 Å². The van der Waals surface area contributed by atoms with Gasteiger partial charge in [0.25, 0.3) is 0 Å². The van der Waals surface area contributed by atoms with Crippen molar-refractivity contribution in [3.8, 4) is 28.1 Å². The lowest BCUT2D eigenvalue weighted by Gasteiger charge is -2.07. The fourth-order valence-corrected chi connectivity index (χ4v) is 3.41. The molecule has 0 spiro atoms. The van der Waals surface area contributed by atoms with E-state index in [0.29, 0.717) is 11.6 Å². The highest BCUT2D eigenvalue weighted by atomic mass is 18.2. The second-order valence-corrected chi connectivity index (χ2v) is 7.09. The van der Waals surface area contributed by atoms with Gasteiger partial charge < -0.3 is 4.74 Å². The highest BCUT2D eigenvalue weighted by Crippen LogP contribution is 2.31. The van der Waals surface area contributed by atoms with Gasteiger partial charge in [-0.1, -0.05) is 0 Å². The molecule has 0 saturated heterocycles. The molecule has 5 rings (SSSR count). The molecule has 0 aliphatic rings. The van der Waals surface area contributed by atoms with E-state index in [9.17, 15) is 4.39 Å². The summed E-state index contributed by atoms with van der Waals surface area (Å²) in [6.07, 6.45) is 8.73. The molecule has 8 heteroatoms. The predicted molar refractivity (Wildman–Crippen MR) is 119 cm³/mol. The second-order valence-electron chi connectivity index (χ2n) is 7.09. The van der Waals surface area contributed by atoms with E-state index < -0.39 is 6.67 Å². The van der Waals surface area contributed by atoms with Crippen molar-refractivity contribution in [3.05, 3.63) is 85.3 Å². The Bertz CT molecular complexity index is 1340. The van der Waals surface area contributed by atoms with Crippen molar-refractivity contribution in [2.24, 2.45) is 0 Å². The fraction of sp³-hybridized carbons (Fsp3) is 0.125. The molecule has 5 aromatic rings.